The van der Waals surface area contributed by atoms with Crippen molar-refractivity contribution < 1.29 is 9.32 Å². The summed E-state index contributed by atoms with van der Waals surface area (Å²) in [6.07, 6.45) is 2.98. The Kier molecular flexibility index (Phi) is 6.29. The van der Waals surface area contributed by atoms with Crippen LogP contribution in [0.3, 0.4) is 0 Å². The van der Waals surface area contributed by atoms with Crippen LogP contribution in [-0.4, -0.2) is 34.5 Å². The van der Waals surface area contributed by atoms with E-state index in [-0.39, 0.29) is 12.5 Å². The van der Waals surface area contributed by atoms with E-state index in [0.29, 0.717) is 12.4 Å². The van der Waals surface area contributed by atoms with Gasteiger partial charge in [-0.25, -0.2) is 0 Å². The number of anilines is 1. The normalized spacial score (nSPS) is 11.0. The second kappa shape index (κ2) is 8.43. The van der Waals surface area contributed by atoms with Crippen molar-refractivity contribution in [2.24, 2.45) is 0 Å². The molecule has 0 saturated heterocycles. The van der Waals surface area contributed by atoms with Crippen LogP contribution in [0.1, 0.15) is 37.0 Å². The first kappa shape index (κ1) is 17.1. The van der Waals surface area contributed by atoms with E-state index in [4.69, 9.17) is 4.52 Å². The molecule has 0 atom stereocenters. The maximum absolute atomic E-state index is 12.0. The highest BCUT2D eigenvalue weighted by Crippen LogP contribution is 2.09. The second-order valence-electron chi connectivity index (χ2n) is 5.79. The standard InChI is InChI=1S/C17H24N4O2/c1-4-5-6-15-19-17(23-20-15)12-21(3)11-16(22)18-14-9-7-13(2)8-10-14/h7-10H,4-6,11-12H2,1-3H3,(H,18,22). The molecule has 0 radical (unpaired) electrons. The Hall–Kier alpha value is -2.21. The quantitative estimate of drug-likeness (QED) is 0.811. The predicted molar refractivity (Wildman–Crippen MR) is 89.1 cm³/mol. The third-order valence-corrected chi connectivity index (χ3v) is 3.42. The highest BCUT2D eigenvalue weighted by atomic mass is 16.5. The summed E-state index contributed by atoms with van der Waals surface area (Å²) in [6, 6.07) is 7.72. The van der Waals surface area contributed by atoms with Crippen LogP contribution in [-0.2, 0) is 17.8 Å². The SMILES string of the molecule is CCCCc1noc(CN(C)CC(=O)Nc2ccc(C)cc2)n1. The van der Waals surface area contributed by atoms with Gasteiger partial charge in [0.1, 0.15) is 0 Å². The molecular formula is C17H24N4O2. The zero-order valence-corrected chi connectivity index (χ0v) is 14.0. The van der Waals surface area contributed by atoms with Crippen molar-refractivity contribution in [1.29, 1.82) is 0 Å². The third-order valence-electron chi connectivity index (χ3n) is 3.42. The van der Waals surface area contributed by atoms with Gasteiger partial charge < -0.3 is 9.84 Å². The number of likely N-dealkylation sites (N-methyl/N-ethyl adjacent to an activating group) is 1. The van der Waals surface area contributed by atoms with Crippen LogP contribution in [0.25, 0.3) is 0 Å². The number of amides is 1. The van der Waals surface area contributed by atoms with Crippen molar-refractivity contribution in [3.05, 3.63) is 41.5 Å². The fourth-order valence-electron chi connectivity index (χ4n) is 2.16. The van der Waals surface area contributed by atoms with E-state index >= 15 is 0 Å². The van der Waals surface area contributed by atoms with Crippen LogP contribution in [0.2, 0.25) is 0 Å². The Morgan fingerprint density at radius 3 is 2.74 bits per heavy atom. The molecule has 0 fully saturated rings. The maximum atomic E-state index is 12.0. The van der Waals surface area contributed by atoms with Gasteiger partial charge in [-0.2, -0.15) is 4.98 Å². The van der Waals surface area contributed by atoms with Crippen molar-refractivity contribution in [3.63, 3.8) is 0 Å². The van der Waals surface area contributed by atoms with Gasteiger partial charge in [-0.1, -0.05) is 36.2 Å². The van der Waals surface area contributed by atoms with Gasteiger partial charge >= 0.3 is 0 Å². The first-order valence-corrected chi connectivity index (χ1v) is 7.93. The molecule has 2 aromatic rings. The maximum Gasteiger partial charge on any atom is 0.240 e. The van der Waals surface area contributed by atoms with E-state index in [1.165, 1.54) is 0 Å². The molecule has 0 spiro atoms. The summed E-state index contributed by atoms with van der Waals surface area (Å²) in [5, 5.41) is 6.82. The molecule has 0 aliphatic heterocycles. The first-order chi connectivity index (χ1) is 11.1. The summed E-state index contributed by atoms with van der Waals surface area (Å²) in [5.74, 6) is 1.21. The molecule has 1 heterocycles. The molecule has 0 bridgehead atoms. The molecule has 1 aromatic heterocycles. The van der Waals surface area contributed by atoms with Crippen LogP contribution in [0.4, 0.5) is 5.69 Å². The monoisotopic (exact) mass is 316 g/mol. The summed E-state index contributed by atoms with van der Waals surface area (Å²) < 4.78 is 5.21. The van der Waals surface area contributed by atoms with E-state index in [1.807, 2.05) is 43.1 Å². The summed E-state index contributed by atoms with van der Waals surface area (Å²) in [6.45, 7) is 4.86. The molecule has 1 N–H and O–H groups in total. The number of carbonyl (C=O) groups excluding carboxylic acids is 1. The number of hydrogen-bond donors (Lipinski definition) is 1. The lowest BCUT2D eigenvalue weighted by molar-refractivity contribution is -0.117. The fourth-order valence-corrected chi connectivity index (χ4v) is 2.16. The Morgan fingerprint density at radius 2 is 2.04 bits per heavy atom. The second-order valence-corrected chi connectivity index (χ2v) is 5.79. The number of nitrogens with zero attached hydrogens (tertiary/aromatic N) is 3. The van der Waals surface area contributed by atoms with Crippen LogP contribution in [0.15, 0.2) is 28.8 Å². The average molecular weight is 316 g/mol. The van der Waals surface area contributed by atoms with E-state index in [1.54, 1.807) is 0 Å². The van der Waals surface area contributed by atoms with Crippen molar-refractivity contribution >= 4 is 11.6 Å². The van der Waals surface area contributed by atoms with Crippen molar-refractivity contribution in [2.75, 3.05) is 18.9 Å². The lowest BCUT2D eigenvalue weighted by atomic mass is 10.2. The smallest absolute Gasteiger partial charge is 0.240 e. The number of nitrogens with one attached hydrogen (secondary N) is 1. The number of aryl methyl sites for hydroxylation is 2. The molecule has 6 nitrogen and oxygen atoms in total. The molecular weight excluding hydrogens is 292 g/mol. The minimum atomic E-state index is -0.0675. The van der Waals surface area contributed by atoms with Crippen molar-refractivity contribution in [1.82, 2.24) is 15.0 Å². The van der Waals surface area contributed by atoms with E-state index in [9.17, 15) is 4.79 Å². The summed E-state index contributed by atoms with van der Waals surface area (Å²) in [7, 11) is 1.85. The highest BCUT2D eigenvalue weighted by Gasteiger charge is 2.12. The predicted octanol–water partition coefficient (Wildman–Crippen LogP) is 2.79. The molecule has 23 heavy (non-hydrogen) atoms. The topological polar surface area (TPSA) is 71.3 Å². The van der Waals surface area contributed by atoms with Gasteiger partial charge in [0.2, 0.25) is 11.8 Å². The van der Waals surface area contributed by atoms with Crippen LogP contribution >= 0.6 is 0 Å². The van der Waals surface area contributed by atoms with Gasteiger partial charge in [0.15, 0.2) is 5.82 Å². The number of benzene rings is 1. The molecule has 2 rings (SSSR count). The van der Waals surface area contributed by atoms with Crippen LogP contribution in [0, 0.1) is 6.92 Å². The Labute approximate surface area is 136 Å². The number of carbonyl (C=O) groups is 1. The van der Waals surface area contributed by atoms with Crippen molar-refractivity contribution in [2.45, 2.75) is 39.7 Å². The van der Waals surface area contributed by atoms with E-state index in [2.05, 4.69) is 22.4 Å². The molecule has 124 valence electrons. The van der Waals surface area contributed by atoms with Gasteiger partial charge in [-0.15, -0.1) is 0 Å². The summed E-state index contributed by atoms with van der Waals surface area (Å²) >= 11 is 0. The lowest BCUT2D eigenvalue weighted by Gasteiger charge is -2.13. The number of rotatable bonds is 8. The first-order valence-electron chi connectivity index (χ1n) is 7.93. The van der Waals surface area contributed by atoms with Crippen LogP contribution in [0.5, 0.6) is 0 Å². The zero-order valence-electron chi connectivity index (χ0n) is 14.0. The van der Waals surface area contributed by atoms with Gasteiger partial charge in [-0.05, 0) is 32.5 Å². The summed E-state index contributed by atoms with van der Waals surface area (Å²) in [5.41, 5.74) is 1.96. The van der Waals surface area contributed by atoms with E-state index in [0.717, 1.165) is 36.3 Å². The zero-order chi connectivity index (χ0) is 16.7. The highest BCUT2D eigenvalue weighted by molar-refractivity contribution is 5.92. The molecule has 6 heteroatoms. The van der Waals surface area contributed by atoms with Gasteiger partial charge in [0, 0.05) is 12.1 Å². The fraction of sp³-hybridized carbons (Fsp3) is 0.471. The van der Waals surface area contributed by atoms with Crippen molar-refractivity contribution in [3.8, 4) is 0 Å². The Morgan fingerprint density at radius 1 is 1.30 bits per heavy atom. The van der Waals surface area contributed by atoms with Gasteiger partial charge in [0.05, 0.1) is 13.1 Å². The summed E-state index contributed by atoms with van der Waals surface area (Å²) in [4.78, 5) is 18.2. The van der Waals surface area contributed by atoms with Crippen LogP contribution < -0.4 is 5.32 Å². The van der Waals surface area contributed by atoms with E-state index < -0.39 is 0 Å². The Balaban J connectivity index is 1.79. The number of aromatic nitrogens is 2. The number of hydrogen-bond acceptors (Lipinski definition) is 5. The lowest BCUT2D eigenvalue weighted by Crippen LogP contribution is -2.29. The Bertz CT molecular complexity index is 622. The average Bonchev–Trinajstić information content (AvgIpc) is 2.94. The molecule has 0 aliphatic rings. The third kappa shape index (κ3) is 5.83. The van der Waals surface area contributed by atoms with Gasteiger partial charge in [0.25, 0.3) is 0 Å². The van der Waals surface area contributed by atoms with Gasteiger partial charge in [-0.3, -0.25) is 9.69 Å². The number of unbranched alkanes of at least 4 members (excludes halogenated alkanes) is 1. The minimum Gasteiger partial charge on any atom is -0.338 e. The molecule has 1 amide bonds. The molecule has 0 aliphatic carbocycles. The molecule has 0 saturated carbocycles. The molecule has 1 aromatic carbocycles. The minimum absolute atomic E-state index is 0.0675. The molecule has 0 unspecified atom stereocenters. The largest absolute Gasteiger partial charge is 0.338 e.